The third-order valence-electron chi connectivity index (χ3n) is 8.01. The molecular formula is C28H31F3N8O2S. The molecule has 0 amide bonds. The number of halogens is 3. The van der Waals surface area contributed by atoms with E-state index in [1.807, 2.05) is 17.0 Å². The molecule has 2 aliphatic rings. The Hall–Kier alpha value is -3.78. The van der Waals surface area contributed by atoms with Crippen molar-refractivity contribution in [1.29, 1.82) is 0 Å². The summed E-state index contributed by atoms with van der Waals surface area (Å²) in [6.07, 6.45) is 1.32. The van der Waals surface area contributed by atoms with Gasteiger partial charge in [0.15, 0.2) is 5.82 Å². The van der Waals surface area contributed by atoms with Crippen LogP contribution in [0.1, 0.15) is 43.5 Å². The van der Waals surface area contributed by atoms with Crippen LogP contribution in [0.3, 0.4) is 0 Å². The molecule has 0 spiro atoms. The summed E-state index contributed by atoms with van der Waals surface area (Å²) in [5.74, 6) is 1.38. The number of alkyl halides is 3. The zero-order valence-electron chi connectivity index (χ0n) is 23.3. The van der Waals surface area contributed by atoms with Gasteiger partial charge in [0.2, 0.25) is 0 Å². The molecule has 10 nitrogen and oxygen atoms in total. The van der Waals surface area contributed by atoms with E-state index < -0.39 is 28.2 Å². The van der Waals surface area contributed by atoms with E-state index >= 15 is 0 Å². The van der Waals surface area contributed by atoms with Gasteiger partial charge >= 0.3 is 6.18 Å². The molecule has 0 aliphatic carbocycles. The predicted octanol–water partition coefficient (Wildman–Crippen LogP) is 4.57. The minimum absolute atomic E-state index is 0.0467. The lowest BCUT2D eigenvalue weighted by Crippen LogP contribution is -2.63. The van der Waals surface area contributed by atoms with Crippen molar-refractivity contribution >= 4 is 37.9 Å². The molecule has 3 atom stereocenters. The number of hydrogen-bond acceptors (Lipinski definition) is 9. The maximum atomic E-state index is 13.4. The van der Waals surface area contributed by atoms with Crippen molar-refractivity contribution in [2.45, 2.75) is 51.0 Å². The van der Waals surface area contributed by atoms with E-state index in [0.29, 0.717) is 29.4 Å². The smallest absolute Gasteiger partial charge is 0.355 e. The van der Waals surface area contributed by atoms with Gasteiger partial charge in [0.1, 0.15) is 27.5 Å². The molecule has 3 aromatic heterocycles. The third-order valence-corrected chi connectivity index (χ3v) is 9.05. The average molecular weight is 601 g/mol. The standard InChI is InChI=1S/C28H31F3N8O2S/c1-15(2)17-4-5-21(38-13-16(26(38)32)14-42(3,40)41)19-11-34-25(10-18(17)19)36-24-8-9-33-27(37-24)20-12-35-39-22(20)6-7-23(39)28(29,30)31/h4-5,8-12,15-16,23,26H,6-7,13-14,32H2,1-3H3,(H,33,34,36,37)/t16-,23+,26+/m1/s1. The van der Waals surface area contributed by atoms with E-state index in [1.165, 1.54) is 12.5 Å². The molecule has 0 radical (unpaired) electrons. The molecular weight excluding hydrogens is 569 g/mol. The highest BCUT2D eigenvalue weighted by Gasteiger charge is 2.46. The summed E-state index contributed by atoms with van der Waals surface area (Å²) in [6.45, 7) is 4.74. The van der Waals surface area contributed by atoms with Crippen LogP contribution in [0.2, 0.25) is 0 Å². The molecule has 6 rings (SSSR count). The maximum absolute atomic E-state index is 13.4. The number of pyridine rings is 1. The van der Waals surface area contributed by atoms with Crippen LogP contribution in [-0.2, 0) is 16.3 Å². The molecule has 0 saturated carbocycles. The van der Waals surface area contributed by atoms with E-state index in [1.54, 1.807) is 18.5 Å². The van der Waals surface area contributed by atoms with Gasteiger partial charge in [-0.25, -0.2) is 23.4 Å². The highest BCUT2D eigenvalue weighted by Crippen LogP contribution is 2.42. The second-order valence-electron chi connectivity index (χ2n) is 11.4. The van der Waals surface area contributed by atoms with Crippen molar-refractivity contribution < 1.29 is 21.6 Å². The Morgan fingerprint density at radius 2 is 1.90 bits per heavy atom. The van der Waals surface area contributed by atoms with Crippen LogP contribution in [-0.4, -0.2) is 64.0 Å². The van der Waals surface area contributed by atoms with E-state index in [0.717, 1.165) is 26.7 Å². The van der Waals surface area contributed by atoms with Gasteiger partial charge in [0.05, 0.1) is 29.4 Å². The summed E-state index contributed by atoms with van der Waals surface area (Å²) in [5, 5.41) is 9.08. The minimum Gasteiger partial charge on any atom is -0.355 e. The number of benzene rings is 1. The van der Waals surface area contributed by atoms with Crippen molar-refractivity contribution in [1.82, 2.24) is 24.7 Å². The molecule has 4 aromatic rings. The first kappa shape index (κ1) is 28.3. The van der Waals surface area contributed by atoms with Gasteiger partial charge in [-0.05, 0) is 47.9 Å². The highest BCUT2D eigenvalue weighted by atomic mass is 32.2. The molecule has 1 saturated heterocycles. The summed E-state index contributed by atoms with van der Waals surface area (Å²) < 4.78 is 64.8. The van der Waals surface area contributed by atoms with Crippen LogP contribution >= 0.6 is 0 Å². The second kappa shape index (κ2) is 10.2. The Morgan fingerprint density at radius 3 is 2.60 bits per heavy atom. The van der Waals surface area contributed by atoms with Crippen LogP contribution < -0.4 is 16.0 Å². The Balaban J connectivity index is 1.29. The topological polar surface area (TPSA) is 132 Å². The van der Waals surface area contributed by atoms with Crippen LogP contribution in [0.4, 0.5) is 30.5 Å². The Morgan fingerprint density at radius 1 is 1.12 bits per heavy atom. The quantitative estimate of drug-likeness (QED) is 0.313. The number of aromatic nitrogens is 5. The van der Waals surface area contributed by atoms with Crippen LogP contribution in [0.25, 0.3) is 22.2 Å². The van der Waals surface area contributed by atoms with E-state index in [4.69, 9.17) is 5.73 Å². The summed E-state index contributed by atoms with van der Waals surface area (Å²) in [4.78, 5) is 15.5. The lowest BCUT2D eigenvalue weighted by atomic mass is 9.92. The van der Waals surface area contributed by atoms with Gasteiger partial charge in [-0.2, -0.15) is 18.3 Å². The average Bonchev–Trinajstić information content (AvgIpc) is 3.52. The minimum atomic E-state index is -4.37. The van der Waals surface area contributed by atoms with Gasteiger partial charge < -0.3 is 16.0 Å². The molecule has 14 heteroatoms. The van der Waals surface area contributed by atoms with Crippen molar-refractivity contribution in [2.24, 2.45) is 11.7 Å². The van der Waals surface area contributed by atoms with E-state index in [2.05, 4.69) is 45.3 Å². The number of fused-ring (bicyclic) bond motifs is 2. The number of nitrogens with one attached hydrogen (secondary N) is 1. The lowest BCUT2D eigenvalue weighted by molar-refractivity contribution is -0.168. The number of nitrogens with two attached hydrogens (primary N) is 1. The maximum Gasteiger partial charge on any atom is 0.410 e. The van der Waals surface area contributed by atoms with Crippen molar-refractivity contribution in [3.63, 3.8) is 0 Å². The Kier molecular flexibility index (Phi) is 6.88. The molecule has 1 aromatic carbocycles. The number of anilines is 3. The van der Waals surface area contributed by atoms with E-state index in [9.17, 15) is 21.6 Å². The fraction of sp³-hybridized carbons (Fsp3) is 0.429. The number of sulfone groups is 1. The molecule has 3 N–H and O–H groups in total. The van der Waals surface area contributed by atoms with Gasteiger partial charge in [0.25, 0.3) is 0 Å². The van der Waals surface area contributed by atoms with Crippen molar-refractivity contribution in [3.8, 4) is 11.4 Å². The Bertz CT molecular complexity index is 1770. The SMILES string of the molecule is CC(C)c1ccc(N2C[C@H](CS(C)(=O)=O)[C@H]2N)c2cnc(Nc3ccnc(-c4cnn5c4CC[C@H]5C(F)(F)F)n3)cc12. The predicted molar refractivity (Wildman–Crippen MR) is 154 cm³/mol. The van der Waals surface area contributed by atoms with E-state index in [-0.39, 0.29) is 36.3 Å². The largest absolute Gasteiger partial charge is 0.410 e. The number of nitrogens with zero attached hydrogens (tertiary/aromatic N) is 6. The summed E-state index contributed by atoms with van der Waals surface area (Å²) in [6, 6.07) is 6.02. The van der Waals surface area contributed by atoms with Crippen molar-refractivity contribution in [2.75, 3.05) is 28.8 Å². The van der Waals surface area contributed by atoms with Gasteiger partial charge in [0, 0.05) is 42.2 Å². The molecule has 2 aliphatic heterocycles. The third kappa shape index (κ3) is 5.17. The van der Waals surface area contributed by atoms with Gasteiger partial charge in [-0.1, -0.05) is 19.9 Å². The first-order valence-electron chi connectivity index (χ1n) is 13.7. The lowest BCUT2D eigenvalue weighted by Gasteiger charge is -2.47. The van der Waals surface area contributed by atoms with Gasteiger partial charge in [-0.15, -0.1) is 0 Å². The zero-order chi connectivity index (χ0) is 30.0. The van der Waals surface area contributed by atoms with Crippen LogP contribution in [0.5, 0.6) is 0 Å². The molecule has 222 valence electrons. The molecule has 0 bridgehead atoms. The second-order valence-corrected chi connectivity index (χ2v) is 13.6. The van der Waals surface area contributed by atoms with Gasteiger partial charge in [-0.3, -0.25) is 4.68 Å². The summed E-state index contributed by atoms with van der Waals surface area (Å²) in [7, 11) is -3.14. The zero-order valence-corrected chi connectivity index (χ0v) is 24.1. The molecule has 1 fully saturated rings. The Labute approximate surface area is 241 Å². The first-order valence-corrected chi connectivity index (χ1v) is 15.7. The fourth-order valence-corrected chi connectivity index (χ4v) is 7.03. The molecule has 5 heterocycles. The molecule has 42 heavy (non-hydrogen) atoms. The summed E-state index contributed by atoms with van der Waals surface area (Å²) in [5.41, 5.74) is 9.34. The number of hydrogen-bond donors (Lipinski definition) is 2. The van der Waals surface area contributed by atoms with Crippen LogP contribution in [0.15, 0.2) is 42.9 Å². The monoisotopic (exact) mass is 600 g/mol. The summed E-state index contributed by atoms with van der Waals surface area (Å²) >= 11 is 0. The highest BCUT2D eigenvalue weighted by molar-refractivity contribution is 7.90. The normalized spacial score (nSPS) is 20.7. The fourth-order valence-electron chi connectivity index (χ4n) is 5.95. The number of rotatable bonds is 7. The van der Waals surface area contributed by atoms with Crippen LogP contribution in [0, 0.1) is 5.92 Å². The first-order chi connectivity index (χ1) is 19.8. The molecule has 0 unspecified atom stereocenters. The van der Waals surface area contributed by atoms with Crippen molar-refractivity contribution in [3.05, 3.63) is 54.1 Å².